The van der Waals surface area contributed by atoms with Gasteiger partial charge in [0.25, 0.3) is 5.69 Å². The molecule has 0 spiro atoms. The third kappa shape index (κ3) is 3.77. The number of para-hydroxylation sites is 1. The first-order valence-corrected chi connectivity index (χ1v) is 11.8. The number of nitrogens with zero attached hydrogens (tertiary/aromatic N) is 2. The van der Waals surface area contributed by atoms with Gasteiger partial charge in [-0.1, -0.05) is 18.2 Å². The molecule has 0 saturated heterocycles. The van der Waals surface area contributed by atoms with Crippen LogP contribution in [0.4, 0.5) is 5.69 Å². The lowest BCUT2D eigenvalue weighted by molar-refractivity contribution is -0.985. The molecule has 0 radical (unpaired) electrons. The number of benzene rings is 3. The fraction of sp³-hybridized carbons (Fsp3) is 0.333. The molecular formula is C27H27BrN2O6. The fourth-order valence-electron chi connectivity index (χ4n) is 6.14. The SMILES string of the molecule is COc1ccc2c(c1OC)C[N+]1(Cc3ccccc3[N+](=O)[O-])CCc3cc4c(cc3C1C2)OCO4.[Br-]. The number of methoxy groups -OCH3 is 2. The molecule has 188 valence electrons. The molecule has 0 N–H and O–H groups in total. The van der Waals surface area contributed by atoms with Gasteiger partial charge in [0.15, 0.2) is 23.0 Å². The quantitative estimate of drug-likeness (QED) is 0.271. The van der Waals surface area contributed by atoms with Crippen LogP contribution in [0.2, 0.25) is 0 Å². The van der Waals surface area contributed by atoms with Crippen LogP contribution in [-0.4, -0.2) is 37.0 Å². The number of hydrogen-bond acceptors (Lipinski definition) is 6. The lowest BCUT2D eigenvalue weighted by Gasteiger charge is -2.51. The number of nitro benzene ring substituents is 1. The average molecular weight is 555 g/mol. The van der Waals surface area contributed by atoms with Gasteiger partial charge in [0.1, 0.15) is 19.1 Å². The van der Waals surface area contributed by atoms with E-state index in [9.17, 15) is 10.1 Å². The highest BCUT2D eigenvalue weighted by molar-refractivity contribution is 5.54. The summed E-state index contributed by atoms with van der Waals surface area (Å²) in [6.45, 7) is 2.33. The normalized spacial score (nSPS) is 20.9. The Morgan fingerprint density at radius 1 is 1.06 bits per heavy atom. The molecule has 0 aromatic heterocycles. The van der Waals surface area contributed by atoms with Gasteiger partial charge in [-0.25, -0.2) is 0 Å². The molecule has 2 atom stereocenters. The largest absolute Gasteiger partial charge is 1.00 e. The fourth-order valence-corrected chi connectivity index (χ4v) is 6.14. The van der Waals surface area contributed by atoms with E-state index in [0.717, 1.165) is 47.8 Å². The van der Waals surface area contributed by atoms with Gasteiger partial charge < -0.3 is 40.4 Å². The summed E-state index contributed by atoms with van der Waals surface area (Å²) in [4.78, 5) is 11.6. The van der Waals surface area contributed by atoms with Crippen LogP contribution < -0.4 is 35.9 Å². The Hall–Kier alpha value is -3.30. The third-order valence-electron chi connectivity index (χ3n) is 7.79. The molecule has 3 heterocycles. The molecule has 3 aliphatic rings. The highest BCUT2D eigenvalue weighted by Crippen LogP contribution is 2.51. The van der Waals surface area contributed by atoms with Gasteiger partial charge in [-0.15, -0.1) is 0 Å². The van der Waals surface area contributed by atoms with Gasteiger partial charge in [-0.2, -0.15) is 0 Å². The van der Waals surface area contributed by atoms with Crippen LogP contribution in [0.15, 0.2) is 48.5 Å². The number of fused-ring (bicyclic) bond motifs is 5. The average Bonchev–Trinajstić information content (AvgIpc) is 3.33. The number of hydrogen-bond donors (Lipinski definition) is 0. The summed E-state index contributed by atoms with van der Waals surface area (Å²) in [5.74, 6) is 3.02. The molecule has 0 bridgehead atoms. The van der Waals surface area contributed by atoms with Crippen LogP contribution in [0.3, 0.4) is 0 Å². The van der Waals surface area contributed by atoms with Gasteiger partial charge in [-0.05, 0) is 35.4 Å². The number of rotatable bonds is 5. The van der Waals surface area contributed by atoms with Crippen LogP contribution in [0.25, 0.3) is 0 Å². The monoisotopic (exact) mass is 554 g/mol. The molecular weight excluding hydrogens is 528 g/mol. The first-order valence-electron chi connectivity index (χ1n) is 11.8. The topological polar surface area (TPSA) is 80.1 Å². The highest BCUT2D eigenvalue weighted by atomic mass is 79.9. The van der Waals surface area contributed by atoms with Crippen LogP contribution in [-0.2, 0) is 25.9 Å². The summed E-state index contributed by atoms with van der Waals surface area (Å²) in [5, 5.41) is 11.9. The number of ether oxygens (including phenoxy) is 4. The number of nitro groups is 1. The van der Waals surface area contributed by atoms with Crippen molar-refractivity contribution in [2.75, 3.05) is 27.6 Å². The van der Waals surface area contributed by atoms with Crippen LogP contribution in [0, 0.1) is 10.1 Å². The predicted octanol–water partition coefficient (Wildman–Crippen LogP) is 1.72. The zero-order valence-electron chi connectivity index (χ0n) is 20.2. The third-order valence-corrected chi connectivity index (χ3v) is 7.79. The van der Waals surface area contributed by atoms with Gasteiger partial charge >= 0.3 is 0 Å². The lowest BCUT2D eigenvalue weighted by atomic mass is 9.80. The molecule has 3 aromatic carbocycles. The Morgan fingerprint density at radius 2 is 1.83 bits per heavy atom. The zero-order chi connectivity index (χ0) is 24.2. The van der Waals surface area contributed by atoms with Crippen LogP contribution in [0.1, 0.15) is 33.9 Å². The minimum absolute atomic E-state index is 0. The molecule has 0 aliphatic carbocycles. The van der Waals surface area contributed by atoms with Crippen molar-refractivity contribution in [2.24, 2.45) is 0 Å². The van der Waals surface area contributed by atoms with Crippen molar-refractivity contribution in [2.45, 2.75) is 32.0 Å². The molecule has 36 heavy (non-hydrogen) atoms. The Labute approximate surface area is 219 Å². The van der Waals surface area contributed by atoms with Crippen molar-refractivity contribution in [3.63, 3.8) is 0 Å². The molecule has 3 aromatic rings. The zero-order valence-corrected chi connectivity index (χ0v) is 21.7. The van der Waals surface area contributed by atoms with Gasteiger partial charge in [0.2, 0.25) is 6.79 Å². The van der Waals surface area contributed by atoms with Crippen molar-refractivity contribution in [3.8, 4) is 23.0 Å². The van der Waals surface area contributed by atoms with Crippen molar-refractivity contribution in [1.29, 1.82) is 0 Å². The van der Waals surface area contributed by atoms with E-state index >= 15 is 0 Å². The van der Waals surface area contributed by atoms with Crippen molar-refractivity contribution >= 4 is 5.69 Å². The van der Waals surface area contributed by atoms with Gasteiger partial charge in [0.05, 0.1) is 36.8 Å². The second-order valence-electron chi connectivity index (χ2n) is 9.46. The smallest absolute Gasteiger partial charge is 0.278 e. The summed E-state index contributed by atoms with van der Waals surface area (Å²) in [5.41, 5.74) is 5.75. The van der Waals surface area contributed by atoms with Crippen LogP contribution >= 0.6 is 0 Å². The number of halogens is 1. The summed E-state index contributed by atoms with van der Waals surface area (Å²) < 4.78 is 23.5. The van der Waals surface area contributed by atoms with Crippen molar-refractivity contribution in [1.82, 2.24) is 0 Å². The molecule has 9 heteroatoms. The second-order valence-corrected chi connectivity index (χ2v) is 9.46. The Morgan fingerprint density at radius 3 is 2.58 bits per heavy atom. The van der Waals surface area contributed by atoms with Crippen molar-refractivity contribution < 1.29 is 45.3 Å². The molecule has 0 amide bonds. The minimum Gasteiger partial charge on any atom is -1.00 e. The molecule has 8 nitrogen and oxygen atoms in total. The molecule has 3 aliphatic heterocycles. The van der Waals surface area contributed by atoms with Gasteiger partial charge in [-0.3, -0.25) is 10.1 Å². The maximum atomic E-state index is 11.9. The van der Waals surface area contributed by atoms with E-state index in [1.54, 1.807) is 26.4 Å². The summed E-state index contributed by atoms with van der Waals surface area (Å²) in [6.07, 6.45) is 1.65. The van der Waals surface area contributed by atoms with E-state index in [4.69, 9.17) is 18.9 Å². The van der Waals surface area contributed by atoms with E-state index in [1.807, 2.05) is 18.2 Å². The van der Waals surface area contributed by atoms with E-state index in [1.165, 1.54) is 16.7 Å². The summed E-state index contributed by atoms with van der Waals surface area (Å²) in [7, 11) is 3.32. The molecule has 0 saturated carbocycles. The van der Waals surface area contributed by atoms with E-state index < -0.39 is 0 Å². The van der Waals surface area contributed by atoms with Gasteiger partial charge in [0, 0.05) is 24.5 Å². The maximum absolute atomic E-state index is 11.9. The Balaban J connectivity index is 0.00000267. The number of quaternary nitrogens is 1. The molecule has 6 rings (SSSR count). The second kappa shape index (κ2) is 9.29. The molecule has 2 unspecified atom stereocenters. The summed E-state index contributed by atoms with van der Waals surface area (Å²) >= 11 is 0. The molecule has 0 fully saturated rings. The standard InChI is InChI=1S/C27H27N2O6.BrH/c1-32-24-8-7-17-11-23-20-13-26-25(34-16-35-26)12-18(20)9-10-29(23,15-21(17)27(24)33-2)14-19-5-3-4-6-22(19)28(30)31;/h3-8,12-13,23H,9-11,14-16H2,1-2H3;1H/q+1;/p-1. The lowest BCUT2D eigenvalue weighted by Crippen LogP contribution is -3.00. The minimum atomic E-state index is -0.278. The maximum Gasteiger partial charge on any atom is 0.278 e. The van der Waals surface area contributed by atoms with E-state index in [2.05, 4.69) is 18.2 Å². The van der Waals surface area contributed by atoms with E-state index in [0.29, 0.717) is 23.3 Å². The highest BCUT2D eigenvalue weighted by Gasteiger charge is 2.48. The summed E-state index contributed by atoms with van der Waals surface area (Å²) in [6, 6.07) is 15.5. The predicted molar refractivity (Wildman–Crippen MR) is 128 cm³/mol. The van der Waals surface area contributed by atoms with Crippen molar-refractivity contribution in [3.05, 3.63) is 86.5 Å². The van der Waals surface area contributed by atoms with Crippen LogP contribution in [0.5, 0.6) is 23.0 Å². The Kier molecular flexibility index (Phi) is 6.30. The first kappa shape index (κ1) is 24.4. The van der Waals surface area contributed by atoms with E-state index in [-0.39, 0.29) is 40.4 Å². The first-order chi connectivity index (χ1) is 17.0. The Bertz CT molecular complexity index is 1350.